The van der Waals surface area contributed by atoms with Gasteiger partial charge >= 0.3 is 0 Å². The van der Waals surface area contributed by atoms with Crippen LogP contribution < -0.4 is 0 Å². The van der Waals surface area contributed by atoms with Crippen LogP contribution in [0.15, 0.2) is 11.6 Å². The van der Waals surface area contributed by atoms with Gasteiger partial charge in [-0.05, 0) is 46.3 Å². The summed E-state index contributed by atoms with van der Waals surface area (Å²) in [5.74, 6) is -0.392. The molecule has 0 radical (unpaired) electrons. The van der Waals surface area contributed by atoms with Crippen molar-refractivity contribution >= 4 is 14.1 Å². The summed E-state index contributed by atoms with van der Waals surface area (Å²) >= 11 is 0. The van der Waals surface area contributed by atoms with Crippen LogP contribution in [0.1, 0.15) is 33.1 Å². The molecule has 0 aromatic heterocycles. The Bertz CT molecular complexity index is 409. The van der Waals surface area contributed by atoms with Crippen LogP contribution in [-0.4, -0.2) is 38.7 Å². The van der Waals surface area contributed by atoms with Crippen molar-refractivity contribution in [1.29, 1.82) is 0 Å². The van der Waals surface area contributed by atoms with Crippen molar-refractivity contribution in [3.63, 3.8) is 0 Å². The van der Waals surface area contributed by atoms with Gasteiger partial charge in [-0.15, -0.1) is 0 Å². The van der Waals surface area contributed by atoms with E-state index in [1.807, 2.05) is 19.9 Å². The molecule has 1 aliphatic carbocycles. The summed E-state index contributed by atoms with van der Waals surface area (Å²) in [7, 11) is -1.78. The minimum absolute atomic E-state index is 0.190. The maximum Gasteiger partial charge on any atom is 0.184 e. The lowest BCUT2D eigenvalue weighted by molar-refractivity contribution is -0.148. The van der Waals surface area contributed by atoms with Gasteiger partial charge in [-0.25, -0.2) is 0 Å². The standard InChI is InChI=1S/C15H26O4Si/c1-15(2)17-10-13(18-15)14(19-20(3,4)5)11-8-6-7-9-12(11)16/h8,13-14H,6-7,9-10H2,1-5H3/t13-,14?/m1/s1. The van der Waals surface area contributed by atoms with Crippen LogP contribution in [0.3, 0.4) is 0 Å². The number of hydrogen-bond donors (Lipinski definition) is 0. The number of carbonyl (C=O) groups excluding carboxylic acids is 1. The van der Waals surface area contributed by atoms with Crippen molar-refractivity contribution < 1.29 is 18.7 Å². The predicted octanol–water partition coefficient (Wildman–Crippen LogP) is 3.04. The van der Waals surface area contributed by atoms with Crippen LogP contribution in [0, 0.1) is 0 Å². The molecule has 0 bridgehead atoms. The molecule has 1 heterocycles. The molecule has 0 saturated carbocycles. The average molecular weight is 298 g/mol. The number of ether oxygens (including phenoxy) is 2. The van der Waals surface area contributed by atoms with Crippen molar-refractivity contribution in [2.45, 2.75) is 70.7 Å². The molecule has 0 aromatic carbocycles. The monoisotopic (exact) mass is 298 g/mol. The Morgan fingerprint density at radius 3 is 2.60 bits per heavy atom. The normalized spacial score (nSPS) is 28.4. The van der Waals surface area contributed by atoms with Gasteiger partial charge in [-0.3, -0.25) is 4.79 Å². The summed E-state index contributed by atoms with van der Waals surface area (Å²) in [4.78, 5) is 12.2. The lowest BCUT2D eigenvalue weighted by Crippen LogP contribution is -2.44. The Kier molecular flexibility index (Phi) is 4.54. The maximum absolute atomic E-state index is 12.2. The first kappa shape index (κ1) is 15.9. The van der Waals surface area contributed by atoms with Crippen molar-refractivity contribution in [1.82, 2.24) is 0 Å². The second kappa shape index (κ2) is 5.71. The molecule has 1 unspecified atom stereocenters. The molecule has 20 heavy (non-hydrogen) atoms. The molecule has 114 valence electrons. The largest absolute Gasteiger partial charge is 0.408 e. The highest BCUT2D eigenvalue weighted by Crippen LogP contribution is 2.32. The van der Waals surface area contributed by atoms with Crippen LogP contribution in [-0.2, 0) is 18.7 Å². The fraction of sp³-hybridized carbons (Fsp3) is 0.800. The lowest BCUT2D eigenvalue weighted by Gasteiger charge is -2.32. The quantitative estimate of drug-likeness (QED) is 0.748. The Labute approximate surface area is 122 Å². The Hall–Kier alpha value is -0.493. The van der Waals surface area contributed by atoms with E-state index in [1.54, 1.807) is 0 Å². The molecule has 1 fully saturated rings. The zero-order valence-electron chi connectivity index (χ0n) is 13.2. The third-order valence-electron chi connectivity index (χ3n) is 3.45. The Morgan fingerprint density at radius 2 is 2.10 bits per heavy atom. The molecule has 4 nitrogen and oxygen atoms in total. The first-order valence-corrected chi connectivity index (χ1v) is 10.8. The van der Waals surface area contributed by atoms with Gasteiger partial charge in [-0.1, -0.05) is 6.08 Å². The van der Waals surface area contributed by atoms with Gasteiger partial charge in [0.05, 0.1) is 6.61 Å². The first-order valence-electron chi connectivity index (χ1n) is 7.41. The van der Waals surface area contributed by atoms with Gasteiger partial charge < -0.3 is 13.9 Å². The summed E-state index contributed by atoms with van der Waals surface area (Å²) in [5, 5.41) is 0. The number of allylic oxidation sites excluding steroid dienone is 1. The van der Waals surface area contributed by atoms with E-state index in [0.717, 1.165) is 18.4 Å². The molecule has 1 saturated heterocycles. The third kappa shape index (κ3) is 4.01. The predicted molar refractivity (Wildman–Crippen MR) is 80.1 cm³/mol. The summed E-state index contributed by atoms with van der Waals surface area (Å²) < 4.78 is 17.9. The zero-order valence-corrected chi connectivity index (χ0v) is 14.2. The number of carbonyl (C=O) groups is 1. The topological polar surface area (TPSA) is 44.8 Å². The van der Waals surface area contributed by atoms with E-state index >= 15 is 0 Å². The van der Waals surface area contributed by atoms with Crippen LogP contribution in [0.25, 0.3) is 0 Å². The smallest absolute Gasteiger partial charge is 0.184 e. The van der Waals surface area contributed by atoms with Gasteiger partial charge in [0.15, 0.2) is 19.9 Å². The van der Waals surface area contributed by atoms with Gasteiger partial charge in [-0.2, -0.15) is 0 Å². The van der Waals surface area contributed by atoms with Crippen molar-refractivity contribution in [2.75, 3.05) is 6.61 Å². The number of ketones is 1. The highest BCUT2D eigenvalue weighted by atomic mass is 28.4. The van der Waals surface area contributed by atoms with Gasteiger partial charge in [0.1, 0.15) is 12.2 Å². The van der Waals surface area contributed by atoms with Crippen LogP contribution >= 0.6 is 0 Å². The minimum Gasteiger partial charge on any atom is -0.408 e. The minimum atomic E-state index is -1.78. The molecule has 0 N–H and O–H groups in total. The van der Waals surface area contributed by atoms with Crippen LogP contribution in [0.5, 0.6) is 0 Å². The molecule has 5 heteroatoms. The summed E-state index contributed by atoms with van der Waals surface area (Å²) in [5.41, 5.74) is 0.796. The Balaban J connectivity index is 2.21. The van der Waals surface area contributed by atoms with Crippen molar-refractivity contribution in [3.8, 4) is 0 Å². The summed E-state index contributed by atoms with van der Waals surface area (Å²) in [6, 6.07) is 0. The van der Waals surface area contributed by atoms with E-state index in [2.05, 4.69) is 19.6 Å². The lowest BCUT2D eigenvalue weighted by atomic mass is 9.92. The van der Waals surface area contributed by atoms with Crippen molar-refractivity contribution in [3.05, 3.63) is 11.6 Å². The molecule has 0 spiro atoms. The van der Waals surface area contributed by atoms with E-state index in [-0.39, 0.29) is 18.0 Å². The molecule has 1 aliphatic heterocycles. The van der Waals surface area contributed by atoms with Gasteiger partial charge in [0.25, 0.3) is 0 Å². The highest BCUT2D eigenvalue weighted by molar-refractivity contribution is 6.69. The van der Waals surface area contributed by atoms with Gasteiger partial charge in [0.2, 0.25) is 0 Å². The maximum atomic E-state index is 12.2. The second-order valence-corrected chi connectivity index (χ2v) is 11.5. The third-order valence-corrected chi connectivity index (χ3v) is 4.41. The molecule has 2 aliphatic rings. The van der Waals surface area contributed by atoms with E-state index in [0.29, 0.717) is 13.0 Å². The van der Waals surface area contributed by atoms with Gasteiger partial charge in [0, 0.05) is 12.0 Å². The fourth-order valence-corrected chi connectivity index (χ4v) is 3.68. The summed E-state index contributed by atoms with van der Waals surface area (Å²) in [6.45, 7) is 10.7. The van der Waals surface area contributed by atoms with E-state index in [4.69, 9.17) is 13.9 Å². The molecular formula is C15H26O4Si. The SMILES string of the molecule is CC1(C)OC[C@H](C(O[Si](C)(C)C)C2=CCCCC2=O)O1. The number of Topliss-reactive ketones (excluding diaryl/α,β-unsaturated/α-hetero) is 1. The second-order valence-electron chi connectivity index (χ2n) is 6.99. The van der Waals surface area contributed by atoms with Crippen LogP contribution in [0.2, 0.25) is 19.6 Å². The summed E-state index contributed by atoms with van der Waals surface area (Å²) in [6.07, 6.45) is 4.07. The van der Waals surface area contributed by atoms with Crippen molar-refractivity contribution in [2.24, 2.45) is 0 Å². The fourth-order valence-electron chi connectivity index (χ4n) is 2.64. The first-order chi connectivity index (χ1) is 9.18. The zero-order chi connectivity index (χ0) is 15.0. The van der Waals surface area contributed by atoms with E-state index in [1.165, 1.54) is 0 Å². The molecule has 0 amide bonds. The number of rotatable bonds is 4. The average Bonchev–Trinajstić information content (AvgIpc) is 2.66. The van der Waals surface area contributed by atoms with E-state index < -0.39 is 14.1 Å². The molecular weight excluding hydrogens is 272 g/mol. The van der Waals surface area contributed by atoms with Crippen LogP contribution in [0.4, 0.5) is 0 Å². The highest BCUT2D eigenvalue weighted by Gasteiger charge is 2.42. The number of hydrogen-bond acceptors (Lipinski definition) is 4. The van der Waals surface area contributed by atoms with E-state index in [9.17, 15) is 4.79 Å². The molecule has 2 rings (SSSR count). The Morgan fingerprint density at radius 1 is 1.40 bits per heavy atom. The molecule has 0 aromatic rings. The molecule has 2 atom stereocenters.